The van der Waals surface area contributed by atoms with Gasteiger partial charge in [0.2, 0.25) is 0 Å². The van der Waals surface area contributed by atoms with E-state index in [4.69, 9.17) is 4.74 Å². The van der Waals surface area contributed by atoms with E-state index in [2.05, 4.69) is 21.2 Å². The molecule has 0 atom stereocenters. The lowest BCUT2D eigenvalue weighted by Crippen LogP contribution is -2.26. The normalized spacial score (nSPS) is 10.2. The fourth-order valence-corrected chi connectivity index (χ4v) is 2.41. The molecule has 0 saturated carbocycles. The van der Waals surface area contributed by atoms with E-state index in [1.807, 2.05) is 24.3 Å². The molecule has 0 heterocycles. The smallest absolute Gasteiger partial charge is 0.252 e. The second-order valence-electron chi connectivity index (χ2n) is 4.48. The Morgan fingerprint density at radius 1 is 1.24 bits per heavy atom. The molecule has 21 heavy (non-hydrogen) atoms. The van der Waals surface area contributed by atoms with Gasteiger partial charge in [0.1, 0.15) is 11.6 Å². The fraction of sp³-hybridized carbons (Fsp3) is 0.188. The summed E-state index contributed by atoms with van der Waals surface area (Å²) >= 11 is 3.19. The number of ether oxygens (including phenoxy) is 1. The summed E-state index contributed by atoms with van der Waals surface area (Å²) in [5, 5.41) is 2.81. The van der Waals surface area contributed by atoms with Crippen LogP contribution in [0, 0.1) is 5.82 Å². The number of carbonyl (C=O) groups excluding carboxylic acids is 1. The van der Waals surface area contributed by atoms with Crippen molar-refractivity contribution in [2.45, 2.75) is 6.42 Å². The minimum absolute atomic E-state index is 0.226. The minimum Gasteiger partial charge on any atom is -0.497 e. The van der Waals surface area contributed by atoms with E-state index in [1.165, 1.54) is 18.2 Å². The van der Waals surface area contributed by atoms with Crippen molar-refractivity contribution in [2.24, 2.45) is 0 Å². The Bertz CT molecular complexity index is 629. The molecule has 1 N–H and O–H groups in total. The molecule has 0 aliphatic carbocycles. The van der Waals surface area contributed by atoms with Gasteiger partial charge in [0.15, 0.2) is 0 Å². The Morgan fingerprint density at radius 3 is 2.57 bits per heavy atom. The monoisotopic (exact) mass is 351 g/mol. The first-order valence-electron chi connectivity index (χ1n) is 6.46. The summed E-state index contributed by atoms with van der Waals surface area (Å²) in [6.45, 7) is 0.509. The summed E-state index contributed by atoms with van der Waals surface area (Å²) < 4.78 is 18.5. The van der Waals surface area contributed by atoms with Crippen LogP contribution in [0.3, 0.4) is 0 Å². The van der Waals surface area contributed by atoms with Gasteiger partial charge in [-0.2, -0.15) is 0 Å². The highest BCUT2D eigenvalue weighted by atomic mass is 79.9. The number of carbonyl (C=O) groups is 1. The molecule has 0 saturated heterocycles. The van der Waals surface area contributed by atoms with Gasteiger partial charge in [-0.15, -0.1) is 0 Å². The van der Waals surface area contributed by atoms with Crippen molar-refractivity contribution >= 4 is 21.8 Å². The summed E-state index contributed by atoms with van der Waals surface area (Å²) in [4.78, 5) is 12.0. The van der Waals surface area contributed by atoms with E-state index in [1.54, 1.807) is 7.11 Å². The standard InChI is InChI=1S/C16H15BrFNO2/c1-21-13-5-2-11(3-6-13)8-9-19-16(20)14-7-4-12(18)10-15(14)17/h2-7,10H,8-9H2,1H3,(H,19,20). The largest absolute Gasteiger partial charge is 0.497 e. The molecule has 0 aliphatic heterocycles. The number of methoxy groups -OCH3 is 1. The van der Waals surface area contributed by atoms with E-state index in [0.29, 0.717) is 23.0 Å². The Kier molecular flexibility index (Phi) is 5.33. The molecule has 2 rings (SSSR count). The number of halogens is 2. The molecule has 0 radical (unpaired) electrons. The zero-order chi connectivity index (χ0) is 15.2. The van der Waals surface area contributed by atoms with Gasteiger partial charge >= 0.3 is 0 Å². The minimum atomic E-state index is -0.378. The first-order valence-corrected chi connectivity index (χ1v) is 7.25. The van der Waals surface area contributed by atoms with Crippen LogP contribution in [0.5, 0.6) is 5.75 Å². The third-order valence-corrected chi connectivity index (χ3v) is 3.69. The van der Waals surface area contributed by atoms with Crippen molar-refractivity contribution in [3.8, 4) is 5.75 Å². The summed E-state index contributed by atoms with van der Waals surface area (Å²) in [5.41, 5.74) is 1.53. The lowest BCUT2D eigenvalue weighted by molar-refractivity contribution is 0.0953. The number of rotatable bonds is 5. The van der Waals surface area contributed by atoms with Crippen LogP contribution in [0.1, 0.15) is 15.9 Å². The van der Waals surface area contributed by atoms with E-state index in [9.17, 15) is 9.18 Å². The quantitative estimate of drug-likeness (QED) is 0.894. The molecule has 0 aromatic heterocycles. The number of hydrogen-bond donors (Lipinski definition) is 1. The lowest BCUT2D eigenvalue weighted by Gasteiger charge is -2.07. The fourth-order valence-electron chi connectivity index (χ4n) is 1.88. The van der Waals surface area contributed by atoms with Gasteiger partial charge in [-0.25, -0.2) is 4.39 Å². The van der Waals surface area contributed by atoms with Crippen LogP contribution < -0.4 is 10.1 Å². The molecule has 5 heteroatoms. The van der Waals surface area contributed by atoms with Crippen molar-refractivity contribution in [3.05, 3.63) is 63.9 Å². The maximum Gasteiger partial charge on any atom is 0.252 e. The summed E-state index contributed by atoms with van der Waals surface area (Å²) in [6, 6.07) is 11.7. The van der Waals surface area contributed by atoms with E-state index < -0.39 is 0 Å². The molecule has 0 aliphatic rings. The molecule has 1 amide bonds. The molecule has 2 aromatic rings. The Labute approximate surface area is 131 Å². The van der Waals surface area contributed by atoms with Gasteiger partial charge in [-0.3, -0.25) is 4.79 Å². The van der Waals surface area contributed by atoms with E-state index >= 15 is 0 Å². The highest BCUT2D eigenvalue weighted by Gasteiger charge is 2.10. The Morgan fingerprint density at radius 2 is 1.95 bits per heavy atom. The van der Waals surface area contributed by atoms with Crippen LogP contribution in [0.4, 0.5) is 4.39 Å². The molecule has 0 unspecified atom stereocenters. The average Bonchev–Trinajstić information content (AvgIpc) is 2.47. The van der Waals surface area contributed by atoms with Gasteiger partial charge in [0.05, 0.1) is 12.7 Å². The Balaban J connectivity index is 1.88. The van der Waals surface area contributed by atoms with Gasteiger partial charge in [0.25, 0.3) is 5.91 Å². The lowest BCUT2D eigenvalue weighted by atomic mass is 10.1. The van der Waals surface area contributed by atoms with Crippen LogP contribution in [0.25, 0.3) is 0 Å². The molecular weight excluding hydrogens is 337 g/mol. The molecule has 0 bridgehead atoms. The van der Waals surface area contributed by atoms with Crippen molar-refractivity contribution < 1.29 is 13.9 Å². The van der Waals surface area contributed by atoms with Gasteiger partial charge in [0, 0.05) is 11.0 Å². The van der Waals surface area contributed by atoms with E-state index in [0.717, 1.165) is 11.3 Å². The molecule has 0 spiro atoms. The molecule has 0 fully saturated rings. The number of amides is 1. The second kappa shape index (κ2) is 7.22. The Hall–Kier alpha value is -1.88. The number of nitrogens with one attached hydrogen (secondary N) is 1. The van der Waals surface area contributed by atoms with Crippen molar-refractivity contribution in [1.82, 2.24) is 5.32 Å². The van der Waals surface area contributed by atoms with Crippen LogP contribution in [-0.2, 0) is 6.42 Å². The van der Waals surface area contributed by atoms with Crippen molar-refractivity contribution in [1.29, 1.82) is 0 Å². The highest BCUT2D eigenvalue weighted by molar-refractivity contribution is 9.10. The maximum atomic E-state index is 13.0. The summed E-state index contributed by atoms with van der Waals surface area (Å²) in [5.74, 6) is 0.199. The van der Waals surface area contributed by atoms with Crippen molar-refractivity contribution in [2.75, 3.05) is 13.7 Å². The first-order chi connectivity index (χ1) is 10.1. The van der Waals surface area contributed by atoms with Crippen LogP contribution in [0.2, 0.25) is 0 Å². The predicted molar refractivity (Wildman–Crippen MR) is 83.1 cm³/mol. The van der Waals surface area contributed by atoms with Gasteiger partial charge < -0.3 is 10.1 Å². The highest BCUT2D eigenvalue weighted by Crippen LogP contribution is 2.18. The van der Waals surface area contributed by atoms with E-state index in [-0.39, 0.29) is 11.7 Å². The molecule has 3 nitrogen and oxygen atoms in total. The van der Waals surface area contributed by atoms with Crippen LogP contribution in [0.15, 0.2) is 46.9 Å². The SMILES string of the molecule is COc1ccc(CCNC(=O)c2ccc(F)cc2Br)cc1. The number of benzene rings is 2. The molecule has 110 valence electrons. The predicted octanol–water partition coefficient (Wildman–Crippen LogP) is 3.57. The topological polar surface area (TPSA) is 38.3 Å². The van der Waals surface area contributed by atoms with Crippen molar-refractivity contribution in [3.63, 3.8) is 0 Å². The van der Waals surface area contributed by atoms with Gasteiger partial charge in [-0.05, 0) is 58.2 Å². The maximum absolute atomic E-state index is 13.0. The molecule has 2 aromatic carbocycles. The first kappa shape index (κ1) is 15.5. The zero-order valence-corrected chi connectivity index (χ0v) is 13.1. The third kappa shape index (κ3) is 4.29. The second-order valence-corrected chi connectivity index (χ2v) is 5.33. The zero-order valence-electron chi connectivity index (χ0n) is 11.5. The average molecular weight is 352 g/mol. The van der Waals surface area contributed by atoms with Crippen LogP contribution in [-0.4, -0.2) is 19.6 Å². The summed E-state index contributed by atoms with van der Waals surface area (Å²) in [7, 11) is 1.62. The van der Waals surface area contributed by atoms with Crippen LogP contribution >= 0.6 is 15.9 Å². The van der Waals surface area contributed by atoms with Gasteiger partial charge in [-0.1, -0.05) is 12.1 Å². The third-order valence-electron chi connectivity index (χ3n) is 3.03. The summed E-state index contributed by atoms with van der Waals surface area (Å²) in [6.07, 6.45) is 0.717. The number of hydrogen-bond acceptors (Lipinski definition) is 2. The molecular formula is C16H15BrFNO2.